The zero-order valence-corrected chi connectivity index (χ0v) is 10.2. The Morgan fingerprint density at radius 1 is 0.950 bits per heavy atom. The number of benzene rings is 1. The summed E-state index contributed by atoms with van der Waals surface area (Å²) in [5.41, 5.74) is -1.12. The molecule has 20 heavy (non-hydrogen) atoms. The highest BCUT2D eigenvalue weighted by molar-refractivity contribution is 5.77. The summed E-state index contributed by atoms with van der Waals surface area (Å²) in [7, 11) is 0. The van der Waals surface area contributed by atoms with Crippen molar-refractivity contribution in [1.82, 2.24) is 5.32 Å². The number of rotatable bonds is 5. The molecule has 0 unspecified atom stereocenters. The molecule has 3 nitrogen and oxygen atoms in total. The Kier molecular flexibility index (Phi) is 4.10. The van der Waals surface area contributed by atoms with E-state index in [1.807, 2.05) is 0 Å². The maximum atomic E-state index is 13.3. The van der Waals surface area contributed by atoms with Crippen LogP contribution in [0.5, 0.6) is 0 Å². The summed E-state index contributed by atoms with van der Waals surface area (Å²) < 4.78 is 65.1. The highest BCUT2D eigenvalue weighted by Gasteiger charge is 2.26. The predicted molar refractivity (Wildman–Crippen MR) is 60.5 cm³/mol. The van der Waals surface area contributed by atoms with Gasteiger partial charge in [0.25, 0.3) is 0 Å². The van der Waals surface area contributed by atoms with Gasteiger partial charge in [0, 0.05) is 19.0 Å². The second-order valence-corrected chi connectivity index (χ2v) is 4.46. The van der Waals surface area contributed by atoms with Gasteiger partial charge in [0.2, 0.25) is 11.7 Å². The molecule has 0 saturated heterocycles. The van der Waals surface area contributed by atoms with E-state index in [1.165, 1.54) is 0 Å². The summed E-state index contributed by atoms with van der Waals surface area (Å²) in [5, 5.41) is 4.68. The smallest absolute Gasteiger partial charge is 0.221 e. The van der Waals surface area contributed by atoms with E-state index in [0.717, 1.165) is 12.8 Å². The molecule has 2 N–H and O–H groups in total. The average molecular weight is 294 g/mol. The van der Waals surface area contributed by atoms with Crippen molar-refractivity contribution in [2.75, 3.05) is 11.9 Å². The van der Waals surface area contributed by atoms with E-state index in [9.17, 15) is 26.7 Å². The first kappa shape index (κ1) is 14.5. The molecule has 1 fully saturated rings. The minimum Gasteiger partial charge on any atom is -0.380 e. The SMILES string of the molecule is O=C(CCNc1c(F)c(F)c(F)c(F)c1F)NC1CC1. The molecule has 1 aromatic rings. The van der Waals surface area contributed by atoms with Gasteiger partial charge in [-0.3, -0.25) is 4.79 Å². The largest absolute Gasteiger partial charge is 0.380 e. The van der Waals surface area contributed by atoms with Gasteiger partial charge in [-0.2, -0.15) is 0 Å². The van der Waals surface area contributed by atoms with E-state index < -0.39 is 34.8 Å². The van der Waals surface area contributed by atoms with Gasteiger partial charge in [-0.15, -0.1) is 0 Å². The van der Waals surface area contributed by atoms with E-state index in [4.69, 9.17) is 0 Å². The molecular formula is C12H11F5N2O. The van der Waals surface area contributed by atoms with Crippen molar-refractivity contribution < 1.29 is 26.7 Å². The van der Waals surface area contributed by atoms with Crippen molar-refractivity contribution in [3.63, 3.8) is 0 Å². The highest BCUT2D eigenvalue weighted by Crippen LogP contribution is 2.27. The zero-order valence-electron chi connectivity index (χ0n) is 10.2. The van der Waals surface area contributed by atoms with Gasteiger partial charge in [0.15, 0.2) is 23.3 Å². The van der Waals surface area contributed by atoms with E-state index in [2.05, 4.69) is 10.6 Å². The zero-order chi connectivity index (χ0) is 14.9. The summed E-state index contributed by atoms with van der Waals surface area (Å²) in [6.07, 6.45) is 1.64. The van der Waals surface area contributed by atoms with Gasteiger partial charge in [-0.1, -0.05) is 0 Å². The summed E-state index contributed by atoms with van der Waals surface area (Å²) in [6, 6.07) is 0.136. The molecule has 1 amide bonds. The lowest BCUT2D eigenvalue weighted by Crippen LogP contribution is -2.27. The normalized spacial score (nSPS) is 14.2. The Labute approximate surface area is 111 Å². The van der Waals surface area contributed by atoms with Crippen molar-refractivity contribution >= 4 is 11.6 Å². The first-order valence-corrected chi connectivity index (χ1v) is 5.96. The molecule has 1 saturated carbocycles. The van der Waals surface area contributed by atoms with Crippen LogP contribution in [0, 0.1) is 29.1 Å². The number of amides is 1. The summed E-state index contributed by atoms with van der Waals surface area (Å²) in [6.45, 7) is -0.239. The third kappa shape index (κ3) is 3.00. The summed E-state index contributed by atoms with van der Waals surface area (Å²) in [4.78, 5) is 11.3. The van der Waals surface area contributed by atoms with Gasteiger partial charge in [0.05, 0.1) is 0 Å². The maximum Gasteiger partial charge on any atom is 0.221 e. The minimum atomic E-state index is -2.21. The Bertz CT molecular complexity index is 516. The quantitative estimate of drug-likeness (QED) is 0.497. The molecule has 0 heterocycles. The molecule has 0 bridgehead atoms. The van der Waals surface area contributed by atoms with E-state index in [-0.39, 0.29) is 24.9 Å². The molecule has 0 spiro atoms. The fourth-order valence-electron chi connectivity index (χ4n) is 1.59. The predicted octanol–water partition coefficient (Wildman–Crippen LogP) is 2.46. The number of halogens is 5. The molecular weight excluding hydrogens is 283 g/mol. The first-order chi connectivity index (χ1) is 9.41. The molecule has 1 aromatic carbocycles. The summed E-state index contributed by atoms with van der Waals surface area (Å²) in [5.74, 6) is -10.5. The molecule has 0 atom stereocenters. The van der Waals surface area contributed by atoms with Crippen LogP contribution in [0.25, 0.3) is 0 Å². The fraction of sp³-hybridized carbons (Fsp3) is 0.417. The molecule has 110 valence electrons. The number of anilines is 1. The van der Waals surface area contributed by atoms with Crippen LogP contribution in [-0.4, -0.2) is 18.5 Å². The van der Waals surface area contributed by atoms with Gasteiger partial charge in [-0.25, -0.2) is 22.0 Å². The second-order valence-electron chi connectivity index (χ2n) is 4.46. The number of nitrogens with one attached hydrogen (secondary N) is 2. The molecule has 0 aromatic heterocycles. The average Bonchev–Trinajstić information content (AvgIpc) is 3.22. The van der Waals surface area contributed by atoms with Crippen LogP contribution >= 0.6 is 0 Å². The Balaban J connectivity index is 2.00. The van der Waals surface area contributed by atoms with Crippen molar-refractivity contribution in [3.05, 3.63) is 29.1 Å². The molecule has 0 radical (unpaired) electrons. The standard InChI is InChI=1S/C12H11F5N2O/c13-7-8(14)10(16)12(11(17)9(7)15)18-4-3-6(20)19-5-1-2-5/h5,18H,1-4H2,(H,19,20). The van der Waals surface area contributed by atoms with Crippen molar-refractivity contribution in [2.24, 2.45) is 0 Å². The number of hydrogen-bond donors (Lipinski definition) is 2. The Morgan fingerprint density at radius 2 is 1.45 bits per heavy atom. The van der Waals surface area contributed by atoms with Crippen LogP contribution < -0.4 is 10.6 Å². The van der Waals surface area contributed by atoms with Crippen molar-refractivity contribution in [2.45, 2.75) is 25.3 Å². The third-order valence-corrected chi connectivity index (χ3v) is 2.81. The maximum absolute atomic E-state index is 13.3. The number of hydrogen-bond acceptors (Lipinski definition) is 2. The van der Waals surface area contributed by atoms with Crippen LogP contribution in [0.1, 0.15) is 19.3 Å². The van der Waals surface area contributed by atoms with Crippen LogP contribution in [0.3, 0.4) is 0 Å². The number of carbonyl (C=O) groups excluding carboxylic acids is 1. The Morgan fingerprint density at radius 3 is 1.95 bits per heavy atom. The lowest BCUT2D eigenvalue weighted by molar-refractivity contribution is -0.120. The minimum absolute atomic E-state index is 0.129. The second kappa shape index (κ2) is 5.64. The molecule has 2 rings (SSSR count). The number of carbonyl (C=O) groups is 1. The van der Waals surface area contributed by atoms with Gasteiger partial charge in [0.1, 0.15) is 5.69 Å². The van der Waals surface area contributed by atoms with Crippen LogP contribution in [0.4, 0.5) is 27.6 Å². The van der Waals surface area contributed by atoms with Gasteiger partial charge >= 0.3 is 0 Å². The van der Waals surface area contributed by atoms with Crippen LogP contribution in [-0.2, 0) is 4.79 Å². The van der Waals surface area contributed by atoms with Crippen LogP contribution in [0.2, 0.25) is 0 Å². The topological polar surface area (TPSA) is 41.1 Å². The van der Waals surface area contributed by atoms with E-state index in [0.29, 0.717) is 0 Å². The molecule has 1 aliphatic carbocycles. The highest BCUT2D eigenvalue weighted by atomic mass is 19.2. The van der Waals surface area contributed by atoms with Crippen molar-refractivity contribution in [3.8, 4) is 0 Å². The molecule has 8 heteroatoms. The van der Waals surface area contributed by atoms with E-state index >= 15 is 0 Å². The van der Waals surface area contributed by atoms with Crippen LogP contribution in [0.15, 0.2) is 0 Å². The third-order valence-electron chi connectivity index (χ3n) is 2.81. The van der Waals surface area contributed by atoms with Gasteiger partial charge < -0.3 is 10.6 Å². The lowest BCUT2D eigenvalue weighted by Gasteiger charge is -2.10. The Hall–Kier alpha value is -1.86. The molecule has 0 aliphatic heterocycles. The van der Waals surface area contributed by atoms with Crippen molar-refractivity contribution in [1.29, 1.82) is 0 Å². The summed E-state index contributed by atoms with van der Waals surface area (Å²) >= 11 is 0. The monoisotopic (exact) mass is 294 g/mol. The molecule has 1 aliphatic rings. The lowest BCUT2D eigenvalue weighted by atomic mass is 10.2. The first-order valence-electron chi connectivity index (χ1n) is 5.96. The van der Waals surface area contributed by atoms with Gasteiger partial charge in [-0.05, 0) is 12.8 Å². The van der Waals surface area contributed by atoms with E-state index in [1.54, 1.807) is 0 Å². The fourth-order valence-corrected chi connectivity index (χ4v) is 1.59.